The Balaban J connectivity index is 2.12. The highest BCUT2D eigenvalue weighted by molar-refractivity contribution is 7.80. The van der Waals surface area contributed by atoms with Gasteiger partial charge in [-0.1, -0.05) is 30.4 Å². The molecule has 2 rings (SSSR count). The number of nitrogens with one attached hydrogen (secondary N) is 1. The van der Waals surface area contributed by atoms with E-state index in [9.17, 15) is 4.79 Å². The second-order valence-corrected chi connectivity index (χ2v) is 4.06. The molecule has 1 amide bonds. The normalized spacial score (nSPS) is 9.78. The van der Waals surface area contributed by atoms with Crippen LogP contribution in [0.25, 0.3) is 0 Å². The number of hydrogen-bond acceptors (Lipinski definition) is 3. The summed E-state index contributed by atoms with van der Waals surface area (Å²) in [6.45, 7) is 0. The number of amides is 1. The molecule has 0 saturated heterocycles. The summed E-state index contributed by atoms with van der Waals surface area (Å²) in [5.41, 5.74) is 7.14. The predicted octanol–water partition coefficient (Wildman–Crippen LogP) is 1.97. The van der Waals surface area contributed by atoms with Gasteiger partial charge in [0.2, 0.25) is 0 Å². The van der Waals surface area contributed by atoms with Crippen LogP contribution in [0.4, 0.5) is 5.69 Å². The van der Waals surface area contributed by atoms with Crippen LogP contribution in [0.5, 0.6) is 0 Å². The van der Waals surface area contributed by atoms with E-state index in [1.165, 1.54) is 6.20 Å². The van der Waals surface area contributed by atoms with E-state index in [1.54, 1.807) is 24.3 Å². The first kappa shape index (κ1) is 12.2. The molecular formula is C13H11N3OS. The van der Waals surface area contributed by atoms with Crippen LogP contribution in [-0.2, 0) is 0 Å². The fourth-order valence-corrected chi connectivity index (χ4v) is 1.51. The zero-order valence-corrected chi connectivity index (χ0v) is 10.3. The highest BCUT2D eigenvalue weighted by atomic mass is 32.1. The van der Waals surface area contributed by atoms with E-state index in [0.29, 0.717) is 11.3 Å². The van der Waals surface area contributed by atoms with Crippen molar-refractivity contribution in [2.75, 3.05) is 5.32 Å². The first-order valence-electron chi connectivity index (χ1n) is 5.29. The predicted molar refractivity (Wildman–Crippen MR) is 74.5 cm³/mol. The summed E-state index contributed by atoms with van der Waals surface area (Å²) in [6.07, 6.45) is 1.49. The molecule has 0 aliphatic heterocycles. The molecule has 0 aliphatic rings. The molecule has 0 atom stereocenters. The molecule has 90 valence electrons. The maximum absolute atomic E-state index is 11.9. The first-order valence-corrected chi connectivity index (χ1v) is 5.70. The third-order valence-electron chi connectivity index (χ3n) is 2.31. The first-order chi connectivity index (χ1) is 8.66. The molecule has 4 nitrogen and oxygen atoms in total. The van der Waals surface area contributed by atoms with Crippen LogP contribution in [0.1, 0.15) is 16.1 Å². The summed E-state index contributed by atoms with van der Waals surface area (Å²) in [5, 5.41) is 2.74. The molecule has 0 radical (unpaired) electrons. The summed E-state index contributed by atoms with van der Waals surface area (Å²) in [4.78, 5) is 16.1. The summed E-state index contributed by atoms with van der Waals surface area (Å²) < 4.78 is 0. The Labute approximate surface area is 110 Å². The van der Waals surface area contributed by atoms with Crippen molar-refractivity contribution in [3.05, 3.63) is 59.9 Å². The Hall–Kier alpha value is -2.27. The van der Waals surface area contributed by atoms with E-state index < -0.39 is 0 Å². The lowest BCUT2D eigenvalue weighted by Gasteiger charge is -2.04. The van der Waals surface area contributed by atoms with Crippen LogP contribution in [0, 0.1) is 0 Å². The standard InChI is InChI=1S/C13H11N3OS/c14-12(18)9-6-7-11(15-8-9)13(17)16-10-4-2-1-3-5-10/h1-8H,(H2,14,18)(H,16,17). The largest absolute Gasteiger partial charge is 0.389 e. The molecule has 5 heteroatoms. The van der Waals surface area contributed by atoms with Crippen molar-refractivity contribution in [1.29, 1.82) is 0 Å². The van der Waals surface area contributed by atoms with Crippen molar-refractivity contribution >= 4 is 28.8 Å². The number of carbonyl (C=O) groups excluding carboxylic acids is 1. The molecule has 1 aromatic heterocycles. The molecule has 0 fully saturated rings. The number of nitrogens with zero attached hydrogens (tertiary/aromatic N) is 1. The van der Waals surface area contributed by atoms with Crippen LogP contribution in [-0.4, -0.2) is 15.9 Å². The number of thiocarbonyl (C=S) groups is 1. The van der Waals surface area contributed by atoms with E-state index in [1.807, 2.05) is 18.2 Å². The third kappa shape index (κ3) is 2.89. The number of hydrogen-bond donors (Lipinski definition) is 2. The molecule has 0 spiro atoms. The van der Waals surface area contributed by atoms with Gasteiger partial charge in [-0.15, -0.1) is 0 Å². The van der Waals surface area contributed by atoms with Gasteiger partial charge in [0, 0.05) is 17.4 Å². The topological polar surface area (TPSA) is 68.0 Å². The minimum atomic E-state index is -0.268. The van der Waals surface area contributed by atoms with Gasteiger partial charge in [0.25, 0.3) is 5.91 Å². The average molecular weight is 257 g/mol. The van der Waals surface area contributed by atoms with Crippen molar-refractivity contribution < 1.29 is 4.79 Å². The monoisotopic (exact) mass is 257 g/mol. The van der Waals surface area contributed by atoms with Crippen molar-refractivity contribution in [2.24, 2.45) is 5.73 Å². The quantitative estimate of drug-likeness (QED) is 0.825. The Morgan fingerprint density at radius 2 is 1.89 bits per heavy atom. The lowest BCUT2D eigenvalue weighted by Crippen LogP contribution is -2.15. The number of aromatic nitrogens is 1. The van der Waals surface area contributed by atoms with Crippen LogP contribution < -0.4 is 11.1 Å². The minimum absolute atomic E-state index is 0.262. The zero-order chi connectivity index (χ0) is 13.0. The molecule has 3 N–H and O–H groups in total. The second kappa shape index (κ2) is 5.37. The van der Waals surface area contributed by atoms with E-state index in [4.69, 9.17) is 18.0 Å². The Bertz CT molecular complexity index is 567. The van der Waals surface area contributed by atoms with Gasteiger partial charge in [0.1, 0.15) is 10.7 Å². The Morgan fingerprint density at radius 1 is 1.17 bits per heavy atom. The molecular weight excluding hydrogens is 246 g/mol. The Morgan fingerprint density at radius 3 is 2.44 bits per heavy atom. The summed E-state index contributed by atoms with van der Waals surface area (Å²) >= 11 is 4.81. The van der Waals surface area contributed by atoms with Gasteiger partial charge in [-0.3, -0.25) is 9.78 Å². The summed E-state index contributed by atoms with van der Waals surface area (Å²) in [5.74, 6) is -0.268. The number of nitrogens with two attached hydrogens (primary N) is 1. The summed E-state index contributed by atoms with van der Waals surface area (Å²) in [6, 6.07) is 12.5. The SMILES string of the molecule is NC(=S)c1ccc(C(=O)Nc2ccccc2)nc1. The van der Waals surface area contributed by atoms with Gasteiger partial charge < -0.3 is 11.1 Å². The smallest absolute Gasteiger partial charge is 0.274 e. The van der Waals surface area contributed by atoms with Gasteiger partial charge in [0.05, 0.1) is 0 Å². The molecule has 1 heterocycles. The number of anilines is 1. The van der Waals surface area contributed by atoms with E-state index in [0.717, 1.165) is 5.69 Å². The van der Waals surface area contributed by atoms with Gasteiger partial charge in [-0.2, -0.15) is 0 Å². The molecule has 0 bridgehead atoms. The number of rotatable bonds is 3. The van der Waals surface area contributed by atoms with Crippen LogP contribution >= 0.6 is 12.2 Å². The molecule has 2 aromatic rings. The number of pyridine rings is 1. The minimum Gasteiger partial charge on any atom is -0.389 e. The Kier molecular flexibility index (Phi) is 3.64. The molecule has 0 saturated carbocycles. The lowest BCUT2D eigenvalue weighted by molar-refractivity contribution is 0.102. The fraction of sp³-hybridized carbons (Fsp3) is 0. The fourth-order valence-electron chi connectivity index (χ4n) is 1.39. The van der Waals surface area contributed by atoms with E-state index in [2.05, 4.69) is 10.3 Å². The lowest BCUT2D eigenvalue weighted by atomic mass is 10.2. The van der Waals surface area contributed by atoms with Crippen molar-refractivity contribution in [3.8, 4) is 0 Å². The van der Waals surface area contributed by atoms with Crippen LogP contribution in [0.3, 0.4) is 0 Å². The number of benzene rings is 1. The van der Waals surface area contributed by atoms with Crippen molar-refractivity contribution in [3.63, 3.8) is 0 Å². The second-order valence-electron chi connectivity index (χ2n) is 3.62. The maximum Gasteiger partial charge on any atom is 0.274 e. The highest BCUT2D eigenvalue weighted by Gasteiger charge is 2.07. The van der Waals surface area contributed by atoms with E-state index in [-0.39, 0.29) is 10.9 Å². The number of para-hydroxylation sites is 1. The average Bonchev–Trinajstić information content (AvgIpc) is 2.40. The molecule has 0 unspecified atom stereocenters. The van der Waals surface area contributed by atoms with Gasteiger partial charge >= 0.3 is 0 Å². The molecule has 0 aliphatic carbocycles. The van der Waals surface area contributed by atoms with Crippen LogP contribution in [0.2, 0.25) is 0 Å². The molecule has 18 heavy (non-hydrogen) atoms. The van der Waals surface area contributed by atoms with E-state index >= 15 is 0 Å². The summed E-state index contributed by atoms with van der Waals surface area (Å²) in [7, 11) is 0. The highest BCUT2D eigenvalue weighted by Crippen LogP contribution is 2.08. The third-order valence-corrected chi connectivity index (χ3v) is 2.55. The molecule has 1 aromatic carbocycles. The van der Waals surface area contributed by atoms with Gasteiger partial charge in [-0.25, -0.2) is 0 Å². The van der Waals surface area contributed by atoms with Crippen molar-refractivity contribution in [2.45, 2.75) is 0 Å². The maximum atomic E-state index is 11.9. The van der Waals surface area contributed by atoms with Gasteiger partial charge in [0.15, 0.2) is 0 Å². The number of carbonyl (C=O) groups is 1. The van der Waals surface area contributed by atoms with Crippen molar-refractivity contribution in [1.82, 2.24) is 4.98 Å². The van der Waals surface area contributed by atoms with Crippen LogP contribution in [0.15, 0.2) is 48.7 Å². The zero-order valence-electron chi connectivity index (χ0n) is 9.46. The van der Waals surface area contributed by atoms with Gasteiger partial charge in [-0.05, 0) is 24.3 Å².